The van der Waals surface area contributed by atoms with E-state index in [9.17, 15) is 9.18 Å². The Kier molecular flexibility index (Phi) is 5.16. The van der Waals surface area contributed by atoms with Crippen LogP contribution in [0.5, 0.6) is 0 Å². The first-order valence-corrected chi connectivity index (χ1v) is 9.57. The minimum Gasteiger partial charge on any atom is -0.444 e. The number of alkyl carbamates (subject to hydrolysis) is 1. The lowest BCUT2D eigenvalue weighted by molar-refractivity contribution is 0.0506. The number of hydrogen-bond acceptors (Lipinski definition) is 5. The van der Waals surface area contributed by atoms with Gasteiger partial charge in [-0.15, -0.1) is 0 Å². The van der Waals surface area contributed by atoms with Gasteiger partial charge in [0.25, 0.3) is 0 Å². The van der Waals surface area contributed by atoms with Crippen molar-refractivity contribution < 1.29 is 13.9 Å². The summed E-state index contributed by atoms with van der Waals surface area (Å²) in [6.07, 6.45) is 1.22. The van der Waals surface area contributed by atoms with E-state index < -0.39 is 17.5 Å². The fourth-order valence-electron chi connectivity index (χ4n) is 2.96. The van der Waals surface area contributed by atoms with Crippen LogP contribution >= 0.6 is 11.8 Å². The highest BCUT2D eigenvalue weighted by atomic mass is 32.2. The van der Waals surface area contributed by atoms with Crippen LogP contribution in [0, 0.1) is 17.1 Å². The van der Waals surface area contributed by atoms with E-state index in [1.54, 1.807) is 44.8 Å². The van der Waals surface area contributed by atoms with E-state index in [0.29, 0.717) is 5.75 Å². The van der Waals surface area contributed by atoms with Crippen molar-refractivity contribution in [1.82, 2.24) is 14.9 Å². The van der Waals surface area contributed by atoms with E-state index in [-0.39, 0.29) is 17.6 Å². The van der Waals surface area contributed by atoms with Crippen LogP contribution in [0.15, 0.2) is 29.6 Å². The van der Waals surface area contributed by atoms with Gasteiger partial charge < -0.3 is 14.6 Å². The highest BCUT2D eigenvalue weighted by molar-refractivity contribution is 7.99. The van der Waals surface area contributed by atoms with Crippen LogP contribution in [-0.4, -0.2) is 27.0 Å². The molecule has 0 fully saturated rings. The van der Waals surface area contributed by atoms with E-state index >= 15 is 0 Å². The molecule has 27 heavy (non-hydrogen) atoms. The molecule has 1 aromatic heterocycles. The summed E-state index contributed by atoms with van der Waals surface area (Å²) in [7, 11) is 0. The number of nitrogens with zero attached hydrogens (tertiary/aromatic N) is 3. The van der Waals surface area contributed by atoms with E-state index in [2.05, 4.69) is 10.3 Å². The maximum atomic E-state index is 14.1. The number of carbonyl (C=O) groups excluding carboxylic acids is 1. The number of nitriles is 1. The van der Waals surface area contributed by atoms with Crippen molar-refractivity contribution in [3.05, 3.63) is 47.0 Å². The lowest BCUT2D eigenvalue weighted by Gasteiger charge is -2.23. The second-order valence-corrected chi connectivity index (χ2v) is 8.37. The summed E-state index contributed by atoms with van der Waals surface area (Å²) < 4.78 is 21.4. The van der Waals surface area contributed by atoms with Crippen molar-refractivity contribution >= 4 is 17.9 Å². The van der Waals surface area contributed by atoms with E-state index in [1.807, 2.05) is 17.6 Å². The molecule has 2 heterocycles. The van der Waals surface area contributed by atoms with Gasteiger partial charge in [-0.1, -0.05) is 17.8 Å². The molecule has 0 bridgehead atoms. The Bertz CT molecular complexity index is 913. The highest BCUT2D eigenvalue weighted by Crippen LogP contribution is 2.39. The molecule has 8 heteroatoms. The van der Waals surface area contributed by atoms with Gasteiger partial charge in [0, 0.05) is 5.75 Å². The first-order chi connectivity index (χ1) is 12.7. The number of carbonyl (C=O) groups is 1. The second kappa shape index (κ2) is 7.24. The van der Waals surface area contributed by atoms with Gasteiger partial charge in [-0.25, -0.2) is 14.2 Å². The fraction of sp³-hybridized carbons (Fsp3) is 0.421. The molecule has 0 saturated carbocycles. The van der Waals surface area contributed by atoms with Crippen LogP contribution in [0.25, 0.3) is 0 Å². The van der Waals surface area contributed by atoms with E-state index in [4.69, 9.17) is 10.00 Å². The lowest BCUT2D eigenvalue weighted by atomic mass is 10.0. The summed E-state index contributed by atoms with van der Waals surface area (Å²) in [5.74, 6) is 0.177. The number of ether oxygens (including phenoxy) is 1. The predicted octanol–water partition coefficient (Wildman–Crippen LogP) is 4.17. The smallest absolute Gasteiger partial charge is 0.408 e. The summed E-state index contributed by atoms with van der Waals surface area (Å²) in [5, 5.41) is 12.6. The number of benzene rings is 1. The zero-order valence-electron chi connectivity index (χ0n) is 15.6. The molecular weight excluding hydrogens is 367 g/mol. The largest absolute Gasteiger partial charge is 0.444 e. The summed E-state index contributed by atoms with van der Waals surface area (Å²) in [4.78, 5) is 16.5. The molecule has 0 spiro atoms. The first-order valence-electron chi connectivity index (χ1n) is 8.58. The molecule has 2 unspecified atom stereocenters. The molecule has 142 valence electrons. The van der Waals surface area contributed by atoms with Gasteiger partial charge in [-0.3, -0.25) is 0 Å². The van der Waals surface area contributed by atoms with Crippen LogP contribution < -0.4 is 5.32 Å². The Labute approximate surface area is 161 Å². The van der Waals surface area contributed by atoms with Gasteiger partial charge in [-0.05, 0) is 45.4 Å². The monoisotopic (exact) mass is 388 g/mol. The molecule has 1 aliphatic rings. The minimum absolute atomic E-state index is 0.0236. The molecule has 1 aliphatic heterocycles. The predicted molar refractivity (Wildman–Crippen MR) is 100.0 cm³/mol. The van der Waals surface area contributed by atoms with Crippen molar-refractivity contribution in [1.29, 1.82) is 5.26 Å². The van der Waals surface area contributed by atoms with Gasteiger partial charge in [0.1, 0.15) is 17.5 Å². The topological polar surface area (TPSA) is 79.9 Å². The standard InChI is InChI=1S/C19H21FN4O2S/c1-11(23-18(25)26-19(2,3)4)15-9-22-17-24(15)16(10-27-17)12-5-6-13(8-21)14(20)7-12/h5-7,9,11,16H,10H2,1-4H3,(H,23,25). The number of hydrogen-bond donors (Lipinski definition) is 1. The lowest BCUT2D eigenvalue weighted by Crippen LogP contribution is -2.34. The van der Waals surface area contributed by atoms with E-state index in [1.165, 1.54) is 12.1 Å². The average Bonchev–Trinajstić information content (AvgIpc) is 3.14. The number of aromatic nitrogens is 2. The number of rotatable bonds is 3. The summed E-state index contributed by atoms with van der Waals surface area (Å²) in [6.45, 7) is 7.27. The molecule has 0 aliphatic carbocycles. The Morgan fingerprint density at radius 1 is 1.52 bits per heavy atom. The van der Waals surface area contributed by atoms with Crippen LogP contribution in [0.4, 0.5) is 9.18 Å². The molecule has 2 atom stereocenters. The third-order valence-electron chi connectivity index (χ3n) is 4.15. The van der Waals surface area contributed by atoms with Crippen molar-refractivity contribution in [2.75, 3.05) is 5.75 Å². The normalized spacial score (nSPS) is 17.1. The first kappa shape index (κ1) is 19.2. The van der Waals surface area contributed by atoms with Gasteiger partial charge in [0.2, 0.25) is 0 Å². The molecule has 3 rings (SSSR count). The van der Waals surface area contributed by atoms with E-state index in [0.717, 1.165) is 16.4 Å². The number of halogens is 1. The number of nitrogens with one attached hydrogen (secondary N) is 1. The number of imidazole rings is 1. The van der Waals surface area contributed by atoms with Crippen LogP contribution in [-0.2, 0) is 4.74 Å². The molecule has 1 aromatic carbocycles. The van der Waals surface area contributed by atoms with Crippen LogP contribution in [0.1, 0.15) is 56.6 Å². The molecule has 1 N–H and O–H groups in total. The molecule has 6 nitrogen and oxygen atoms in total. The van der Waals surface area contributed by atoms with Gasteiger partial charge in [-0.2, -0.15) is 5.26 Å². The van der Waals surface area contributed by atoms with Crippen molar-refractivity contribution in [3.8, 4) is 6.07 Å². The SMILES string of the molecule is CC(NC(=O)OC(C)(C)C)c1cnc2n1C(c1ccc(C#N)c(F)c1)CS2. The molecule has 2 aromatic rings. The zero-order valence-corrected chi connectivity index (χ0v) is 16.4. The third-order valence-corrected chi connectivity index (χ3v) is 5.19. The Balaban J connectivity index is 1.85. The van der Waals surface area contributed by atoms with Gasteiger partial charge in [0.05, 0.1) is 29.5 Å². The summed E-state index contributed by atoms with van der Waals surface area (Å²) in [5.41, 5.74) is 1.02. The van der Waals surface area contributed by atoms with Gasteiger partial charge in [0.15, 0.2) is 5.16 Å². The third kappa shape index (κ3) is 4.08. The summed E-state index contributed by atoms with van der Waals surface area (Å²) >= 11 is 1.57. The Morgan fingerprint density at radius 3 is 2.89 bits per heavy atom. The maximum absolute atomic E-state index is 14.1. The number of fused-ring (bicyclic) bond motifs is 1. The van der Waals surface area contributed by atoms with Crippen molar-refractivity contribution in [3.63, 3.8) is 0 Å². The Morgan fingerprint density at radius 2 is 2.26 bits per heavy atom. The molecular formula is C19H21FN4O2S. The fourth-order valence-corrected chi connectivity index (χ4v) is 4.11. The average molecular weight is 388 g/mol. The molecule has 1 amide bonds. The summed E-state index contributed by atoms with van der Waals surface area (Å²) in [6, 6.07) is 6.04. The Hall–Kier alpha value is -2.53. The van der Waals surface area contributed by atoms with Crippen LogP contribution in [0.3, 0.4) is 0 Å². The second-order valence-electron chi connectivity index (χ2n) is 7.38. The zero-order chi connectivity index (χ0) is 19.8. The number of thioether (sulfide) groups is 1. The molecule has 0 saturated heterocycles. The highest BCUT2D eigenvalue weighted by Gasteiger charge is 2.31. The molecule has 0 radical (unpaired) electrons. The van der Waals surface area contributed by atoms with Crippen LogP contribution in [0.2, 0.25) is 0 Å². The maximum Gasteiger partial charge on any atom is 0.408 e. The quantitative estimate of drug-likeness (QED) is 0.853. The minimum atomic E-state index is -0.582. The van der Waals surface area contributed by atoms with Gasteiger partial charge >= 0.3 is 6.09 Å². The van der Waals surface area contributed by atoms with Crippen molar-refractivity contribution in [2.24, 2.45) is 0 Å². The number of amides is 1. The van der Waals surface area contributed by atoms with Crippen molar-refractivity contribution in [2.45, 2.75) is 50.5 Å².